The summed E-state index contributed by atoms with van der Waals surface area (Å²) >= 11 is 0. The Morgan fingerprint density at radius 3 is 2.76 bits per heavy atom. The minimum absolute atomic E-state index is 0.0943. The first-order chi connectivity index (χ1) is 12.0. The molecule has 2 aromatic carbocycles. The van der Waals surface area contributed by atoms with E-state index < -0.39 is 0 Å². The fourth-order valence-electron chi connectivity index (χ4n) is 3.69. The van der Waals surface area contributed by atoms with Gasteiger partial charge in [0.15, 0.2) is 0 Å². The minimum atomic E-state index is -0.147. The van der Waals surface area contributed by atoms with Gasteiger partial charge in [-0.2, -0.15) is 0 Å². The molecule has 0 spiro atoms. The van der Waals surface area contributed by atoms with Crippen molar-refractivity contribution in [3.05, 3.63) is 58.2 Å². The van der Waals surface area contributed by atoms with Crippen molar-refractivity contribution in [2.75, 3.05) is 6.61 Å². The fourth-order valence-corrected chi connectivity index (χ4v) is 3.69. The molecule has 4 rings (SSSR count). The molecule has 0 saturated heterocycles. The molecule has 25 heavy (non-hydrogen) atoms. The van der Waals surface area contributed by atoms with Crippen LogP contribution in [-0.4, -0.2) is 16.8 Å². The Kier molecular flexibility index (Phi) is 3.64. The second-order valence-electron chi connectivity index (χ2n) is 7.10. The highest BCUT2D eigenvalue weighted by Gasteiger charge is 2.42. The van der Waals surface area contributed by atoms with Gasteiger partial charge in [-0.1, -0.05) is 11.6 Å². The number of allylic oxidation sites excluding steroid dienone is 2. The summed E-state index contributed by atoms with van der Waals surface area (Å²) < 4.78 is 12.2. The van der Waals surface area contributed by atoms with Gasteiger partial charge in [0.25, 0.3) is 0 Å². The van der Waals surface area contributed by atoms with Crippen LogP contribution in [0.25, 0.3) is 0 Å². The molecule has 0 radical (unpaired) electrons. The predicted octanol–water partition coefficient (Wildman–Crippen LogP) is 4.52. The molecule has 2 N–H and O–H groups in total. The average molecular weight is 338 g/mol. The molecule has 2 heterocycles. The number of phenolic OH excluding ortho intramolecular Hbond substituents is 2. The summed E-state index contributed by atoms with van der Waals surface area (Å²) in [4.78, 5) is 0. The zero-order valence-electron chi connectivity index (χ0n) is 14.7. The third-order valence-corrected chi connectivity index (χ3v) is 5.01. The molecule has 0 fully saturated rings. The lowest BCUT2D eigenvalue weighted by atomic mass is 9.87. The van der Waals surface area contributed by atoms with E-state index in [1.165, 1.54) is 5.57 Å². The van der Waals surface area contributed by atoms with Gasteiger partial charge in [-0.05, 0) is 51.0 Å². The molecule has 130 valence electrons. The monoisotopic (exact) mass is 338 g/mol. The Hall–Kier alpha value is -2.62. The molecule has 2 aliphatic heterocycles. The molecule has 2 aromatic rings. The van der Waals surface area contributed by atoms with Crippen molar-refractivity contribution in [1.82, 2.24) is 0 Å². The number of aromatic hydroxyl groups is 2. The van der Waals surface area contributed by atoms with E-state index in [0.717, 1.165) is 28.0 Å². The molecule has 0 amide bonds. The van der Waals surface area contributed by atoms with Crippen LogP contribution in [0.3, 0.4) is 0 Å². The Balaban J connectivity index is 1.81. The van der Waals surface area contributed by atoms with Gasteiger partial charge >= 0.3 is 0 Å². The van der Waals surface area contributed by atoms with Crippen LogP contribution in [0.2, 0.25) is 0 Å². The number of phenols is 2. The van der Waals surface area contributed by atoms with Gasteiger partial charge in [-0.15, -0.1) is 0 Å². The molecule has 2 atom stereocenters. The topological polar surface area (TPSA) is 58.9 Å². The Bertz CT molecular complexity index is 878. The van der Waals surface area contributed by atoms with Crippen LogP contribution < -0.4 is 9.47 Å². The van der Waals surface area contributed by atoms with Gasteiger partial charge in [0.05, 0.1) is 12.5 Å². The van der Waals surface area contributed by atoms with Gasteiger partial charge < -0.3 is 19.7 Å². The molecule has 2 unspecified atom stereocenters. The van der Waals surface area contributed by atoms with Crippen molar-refractivity contribution in [3.8, 4) is 23.0 Å². The quantitative estimate of drug-likeness (QED) is 0.790. The van der Waals surface area contributed by atoms with Crippen molar-refractivity contribution in [3.63, 3.8) is 0 Å². The number of aryl methyl sites for hydroxylation is 1. The highest BCUT2D eigenvalue weighted by atomic mass is 16.5. The van der Waals surface area contributed by atoms with Crippen LogP contribution in [-0.2, 0) is 6.42 Å². The van der Waals surface area contributed by atoms with Crippen molar-refractivity contribution >= 4 is 0 Å². The summed E-state index contributed by atoms with van der Waals surface area (Å²) in [6, 6.07) is 7.15. The number of benzene rings is 2. The standard InChI is InChI=1S/C21H22O4/c1-11(2)4-6-15-19(23)12(3)8-16-17-10-24-18-9-13(22)5-7-14(18)20(17)25-21(15)16/h4-5,7-9,17,20,22-23H,6,10H2,1-3H3. The lowest BCUT2D eigenvalue weighted by molar-refractivity contribution is 0.138. The van der Waals surface area contributed by atoms with Gasteiger partial charge in [0, 0.05) is 22.8 Å². The van der Waals surface area contributed by atoms with E-state index in [4.69, 9.17) is 9.47 Å². The summed E-state index contributed by atoms with van der Waals surface area (Å²) in [5.74, 6) is 2.03. The van der Waals surface area contributed by atoms with Gasteiger partial charge in [0.2, 0.25) is 0 Å². The van der Waals surface area contributed by atoms with E-state index in [1.807, 2.05) is 32.9 Å². The van der Waals surface area contributed by atoms with Gasteiger partial charge in [0.1, 0.15) is 29.1 Å². The zero-order chi connectivity index (χ0) is 17.7. The lowest BCUT2D eigenvalue weighted by Gasteiger charge is -2.27. The second kappa shape index (κ2) is 5.73. The maximum absolute atomic E-state index is 10.6. The maximum atomic E-state index is 10.6. The molecule has 0 aliphatic carbocycles. The van der Waals surface area contributed by atoms with Gasteiger partial charge in [-0.25, -0.2) is 0 Å². The average Bonchev–Trinajstić information content (AvgIpc) is 2.93. The van der Waals surface area contributed by atoms with E-state index >= 15 is 0 Å². The molecule has 2 aliphatic rings. The van der Waals surface area contributed by atoms with E-state index in [0.29, 0.717) is 24.5 Å². The number of ether oxygens (including phenoxy) is 2. The Morgan fingerprint density at radius 1 is 1.20 bits per heavy atom. The summed E-state index contributed by atoms with van der Waals surface area (Å²) in [5, 5.41) is 20.2. The van der Waals surface area contributed by atoms with Gasteiger partial charge in [-0.3, -0.25) is 0 Å². The summed E-state index contributed by atoms with van der Waals surface area (Å²) in [5.41, 5.74) is 4.93. The highest BCUT2D eigenvalue weighted by molar-refractivity contribution is 5.60. The number of rotatable bonds is 2. The summed E-state index contributed by atoms with van der Waals surface area (Å²) in [7, 11) is 0. The van der Waals surface area contributed by atoms with E-state index in [2.05, 4.69) is 6.08 Å². The van der Waals surface area contributed by atoms with E-state index in [9.17, 15) is 10.2 Å². The third-order valence-electron chi connectivity index (χ3n) is 5.01. The predicted molar refractivity (Wildman–Crippen MR) is 95.7 cm³/mol. The van der Waals surface area contributed by atoms with Crippen molar-refractivity contribution in [2.45, 2.75) is 39.2 Å². The fraction of sp³-hybridized carbons (Fsp3) is 0.333. The maximum Gasteiger partial charge on any atom is 0.138 e. The number of hydrogen-bond acceptors (Lipinski definition) is 4. The minimum Gasteiger partial charge on any atom is -0.508 e. The number of fused-ring (bicyclic) bond motifs is 5. The third kappa shape index (κ3) is 2.53. The first-order valence-electron chi connectivity index (χ1n) is 8.56. The van der Waals surface area contributed by atoms with E-state index in [1.54, 1.807) is 12.1 Å². The molecule has 0 aromatic heterocycles. The SMILES string of the molecule is CC(C)=CCc1c(O)c(C)cc2c1OC1c3ccc(O)cc3OCC21. The number of hydrogen-bond donors (Lipinski definition) is 2. The van der Waals surface area contributed by atoms with Crippen LogP contribution in [0.4, 0.5) is 0 Å². The summed E-state index contributed by atoms with van der Waals surface area (Å²) in [6.07, 6.45) is 2.59. The molecule has 0 bridgehead atoms. The smallest absolute Gasteiger partial charge is 0.138 e. The largest absolute Gasteiger partial charge is 0.508 e. The first kappa shape index (κ1) is 15.9. The molecule has 4 nitrogen and oxygen atoms in total. The molecule has 0 saturated carbocycles. The van der Waals surface area contributed by atoms with Crippen LogP contribution in [0.15, 0.2) is 35.9 Å². The van der Waals surface area contributed by atoms with Crippen molar-refractivity contribution in [2.24, 2.45) is 0 Å². The molecular weight excluding hydrogens is 316 g/mol. The van der Waals surface area contributed by atoms with Crippen molar-refractivity contribution < 1.29 is 19.7 Å². The van der Waals surface area contributed by atoms with Crippen LogP contribution in [0.5, 0.6) is 23.0 Å². The Labute approximate surface area is 147 Å². The zero-order valence-corrected chi connectivity index (χ0v) is 14.7. The summed E-state index contributed by atoms with van der Waals surface area (Å²) in [6.45, 7) is 6.51. The molecule has 4 heteroatoms. The highest BCUT2D eigenvalue weighted by Crippen LogP contribution is 2.54. The normalized spacial score (nSPS) is 20.0. The second-order valence-corrected chi connectivity index (χ2v) is 7.10. The molecular formula is C21H22O4. The Morgan fingerprint density at radius 2 is 2.00 bits per heavy atom. The first-order valence-corrected chi connectivity index (χ1v) is 8.56. The van der Waals surface area contributed by atoms with E-state index in [-0.39, 0.29) is 17.8 Å². The van der Waals surface area contributed by atoms with Crippen LogP contribution >= 0.6 is 0 Å². The van der Waals surface area contributed by atoms with Crippen LogP contribution in [0, 0.1) is 6.92 Å². The lowest BCUT2D eigenvalue weighted by Crippen LogP contribution is -2.23. The van der Waals surface area contributed by atoms with Crippen LogP contribution in [0.1, 0.15) is 48.1 Å². The van der Waals surface area contributed by atoms with Crippen molar-refractivity contribution in [1.29, 1.82) is 0 Å².